The molecule has 0 amide bonds. The molecule has 3 aliphatic rings. The van der Waals surface area contributed by atoms with Gasteiger partial charge >= 0.3 is 6.18 Å². The number of nitrogens with one attached hydrogen (secondary N) is 2. The van der Waals surface area contributed by atoms with Crippen molar-refractivity contribution in [2.75, 3.05) is 13.1 Å². The van der Waals surface area contributed by atoms with E-state index in [2.05, 4.69) is 10.8 Å². The van der Waals surface area contributed by atoms with Gasteiger partial charge < -0.3 is 10.2 Å². The van der Waals surface area contributed by atoms with Crippen molar-refractivity contribution >= 4 is 23.1 Å². The molecule has 0 atom stereocenters. The van der Waals surface area contributed by atoms with E-state index in [0.29, 0.717) is 48.4 Å². The summed E-state index contributed by atoms with van der Waals surface area (Å²) in [5.74, 6) is 0. The first kappa shape index (κ1) is 20.4. The van der Waals surface area contributed by atoms with Crippen LogP contribution in [0.15, 0.2) is 30.3 Å². The average molecular weight is 427 g/mol. The highest BCUT2D eigenvalue weighted by Gasteiger charge is 2.40. The molecule has 1 saturated heterocycles. The van der Waals surface area contributed by atoms with E-state index < -0.39 is 17.3 Å². The molecular weight excluding hydrogens is 403 g/mol. The van der Waals surface area contributed by atoms with Crippen molar-refractivity contribution in [2.24, 2.45) is 0 Å². The summed E-state index contributed by atoms with van der Waals surface area (Å²) in [6, 6.07) is 5.48. The summed E-state index contributed by atoms with van der Waals surface area (Å²) in [4.78, 5) is 11.6. The normalized spacial score (nSPS) is 22.4. The number of piperidine rings is 1. The third-order valence-electron chi connectivity index (χ3n) is 5.75. The van der Waals surface area contributed by atoms with Gasteiger partial charge in [-0.15, -0.1) is 5.06 Å². The Morgan fingerprint density at radius 2 is 1.83 bits per heavy atom. The maximum absolute atomic E-state index is 12.7. The molecule has 0 unspecified atom stereocenters. The van der Waals surface area contributed by atoms with Crippen LogP contribution in [-0.4, -0.2) is 35.0 Å². The minimum absolute atomic E-state index is 0.412. The average Bonchev–Trinajstić information content (AvgIpc) is 3.34. The summed E-state index contributed by atoms with van der Waals surface area (Å²) < 4.78 is 38.2. The first-order chi connectivity index (χ1) is 13.8. The highest BCUT2D eigenvalue weighted by Crippen LogP contribution is 2.36. The van der Waals surface area contributed by atoms with E-state index in [9.17, 15) is 13.2 Å². The molecule has 0 bridgehead atoms. The second-order valence-electron chi connectivity index (χ2n) is 7.84. The van der Waals surface area contributed by atoms with Crippen LogP contribution >= 0.6 is 12.2 Å². The standard InChI is InChI=1S/C20H24F3N3O2S/c21-20(22,23)15-7-5-14(6-8-15)17-13-19(28-25-17)9-11-26(12-10-19)27-18(29)24-16-3-1-2-4-16/h5-8,13,16,25H,1-4,9-12H2,(H,24,29). The quantitative estimate of drug-likeness (QED) is 0.707. The molecule has 1 aromatic rings. The van der Waals surface area contributed by atoms with Crippen molar-refractivity contribution in [3.05, 3.63) is 41.5 Å². The molecule has 2 fully saturated rings. The zero-order valence-corrected chi connectivity index (χ0v) is 16.7. The molecule has 1 aromatic carbocycles. The zero-order valence-electron chi connectivity index (χ0n) is 15.9. The van der Waals surface area contributed by atoms with Crippen LogP contribution in [0.2, 0.25) is 0 Å². The van der Waals surface area contributed by atoms with Crippen molar-refractivity contribution in [3.63, 3.8) is 0 Å². The fourth-order valence-electron chi connectivity index (χ4n) is 4.04. The van der Waals surface area contributed by atoms with Gasteiger partial charge in [0.1, 0.15) is 5.60 Å². The number of halogens is 3. The van der Waals surface area contributed by atoms with E-state index in [0.717, 1.165) is 25.0 Å². The lowest BCUT2D eigenvalue weighted by Crippen LogP contribution is -2.47. The second-order valence-corrected chi connectivity index (χ2v) is 8.21. The van der Waals surface area contributed by atoms with Crippen LogP contribution in [0.1, 0.15) is 49.7 Å². The zero-order chi connectivity index (χ0) is 20.5. The molecule has 158 valence electrons. The lowest BCUT2D eigenvalue weighted by atomic mass is 9.91. The number of nitrogens with zero attached hydrogens (tertiary/aromatic N) is 1. The van der Waals surface area contributed by atoms with Gasteiger partial charge in [-0.2, -0.15) is 13.2 Å². The number of hydroxylamine groups is 3. The fourth-order valence-corrected chi connectivity index (χ4v) is 4.31. The Hall–Kier alpha value is -1.84. The Kier molecular flexibility index (Phi) is 5.72. The topological polar surface area (TPSA) is 45.8 Å². The molecule has 0 radical (unpaired) electrons. The summed E-state index contributed by atoms with van der Waals surface area (Å²) in [5.41, 5.74) is 3.08. The van der Waals surface area contributed by atoms with Crippen molar-refractivity contribution in [1.29, 1.82) is 0 Å². The minimum Gasteiger partial charge on any atom is -0.376 e. The maximum atomic E-state index is 12.7. The van der Waals surface area contributed by atoms with Gasteiger partial charge in [0.05, 0.1) is 11.3 Å². The second kappa shape index (κ2) is 8.12. The van der Waals surface area contributed by atoms with Crippen LogP contribution < -0.4 is 10.8 Å². The van der Waals surface area contributed by atoms with E-state index >= 15 is 0 Å². The molecule has 4 rings (SSSR count). The number of benzene rings is 1. The third kappa shape index (κ3) is 4.84. The third-order valence-corrected chi connectivity index (χ3v) is 5.95. The Labute approximate surface area is 173 Å². The van der Waals surface area contributed by atoms with Crippen molar-refractivity contribution in [1.82, 2.24) is 15.9 Å². The van der Waals surface area contributed by atoms with Crippen molar-refractivity contribution in [3.8, 4) is 0 Å². The molecule has 1 saturated carbocycles. The van der Waals surface area contributed by atoms with Gasteiger partial charge in [0.15, 0.2) is 0 Å². The molecule has 29 heavy (non-hydrogen) atoms. The predicted octanol–water partition coefficient (Wildman–Crippen LogP) is 4.16. The monoisotopic (exact) mass is 427 g/mol. The van der Waals surface area contributed by atoms with Gasteiger partial charge in [-0.3, -0.25) is 10.3 Å². The molecule has 2 heterocycles. The smallest absolute Gasteiger partial charge is 0.376 e. The Balaban J connectivity index is 1.31. The lowest BCUT2D eigenvalue weighted by molar-refractivity contribution is -0.144. The molecule has 1 spiro atoms. The summed E-state index contributed by atoms with van der Waals surface area (Å²) in [6.07, 6.45) is 3.71. The molecule has 2 aliphatic heterocycles. The van der Waals surface area contributed by atoms with Gasteiger partial charge in [-0.1, -0.05) is 25.0 Å². The molecule has 9 heteroatoms. The summed E-state index contributed by atoms with van der Waals surface area (Å²) in [6.45, 7) is 1.29. The number of hydrogen-bond donors (Lipinski definition) is 2. The van der Waals surface area contributed by atoms with E-state index in [1.54, 1.807) is 0 Å². The van der Waals surface area contributed by atoms with E-state index in [4.69, 9.17) is 21.9 Å². The van der Waals surface area contributed by atoms with Crippen LogP contribution in [-0.2, 0) is 15.9 Å². The first-order valence-electron chi connectivity index (χ1n) is 9.91. The Bertz CT molecular complexity index is 768. The largest absolute Gasteiger partial charge is 0.416 e. The van der Waals surface area contributed by atoms with Crippen molar-refractivity contribution < 1.29 is 22.8 Å². The number of thiocarbonyl (C=S) groups is 1. The van der Waals surface area contributed by atoms with Crippen LogP contribution in [0.25, 0.3) is 5.70 Å². The summed E-state index contributed by atoms with van der Waals surface area (Å²) in [7, 11) is 0. The van der Waals surface area contributed by atoms with Gasteiger partial charge in [-0.05, 0) is 61.7 Å². The van der Waals surface area contributed by atoms with E-state index in [1.807, 2.05) is 11.1 Å². The van der Waals surface area contributed by atoms with E-state index in [-0.39, 0.29) is 0 Å². The Morgan fingerprint density at radius 3 is 2.45 bits per heavy atom. The molecular formula is C20H24F3N3O2S. The minimum atomic E-state index is -4.34. The highest BCUT2D eigenvalue weighted by atomic mass is 32.1. The number of rotatable bonds is 3. The molecule has 5 nitrogen and oxygen atoms in total. The first-order valence-corrected chi connectivity index (χ1v) is 10.3. The van der Waals surface area contributed by atoms with E-state index in [1.165, 1.54) is 25.0 Å². The van der Waals surface area contributed by atoms with Crippen LogP contribution in [0.3, 0.4) is 0 Å². The predicted molar refractivity (Wildman–Crippen MR) is 106 cm³/mol. The summed E-state index contributed by atoms with van der Waals surface area (Å²) >= 11 is 5.31. The van der Waals surface area contributed by atoms with Crippen molar-refractivity contribution in [2.45, 2.75) is 56.3 Å². The van der Waals surface area contributed by atoms with Gasteiger partial charge in [0.2, 0.25) is 0 Å². The highest BCUT2D eigenvalue weighted by molar-refractivity contribution is 7.80. The summed E-state index contributed by atoms with van der Waals surface area (Å²) in [5, 5.41) is 5.51. The SMILES string of the molecule is FC(F)(F)c1ccc(C2=CC3(CCN(OC(=S)NC4CCCC4)CC3)ON2)cc1. The van der Waals surface area contributed by atoms with Gasteiger partial charge in [0.25, 0.3) is 5.17 Å². The van der Waals surface area contributed by atoms with Gasteiger partial charge in [0, 0.05) is 19.1 Å². The molecule has 2 N–H and O–H groups in total. The molecule has 0 aromatic heterocycles. The maximum Gasteiger partial charge on any atom is 0.416 e. The number of hydrogen-bond acceptors (Lipinski definition) is 5. The van der Waals surface area contributed by atoms with Crippen LogP contribution in [0.5, 0.6) is 0 Å². The van der Waals surface area contributed by atoms with Crippen LogP contribution in [0, 0.1) is 0 Å². The van der Waals surface area contributed by atoms with Gasteiger partial charge in [-0.25, -0.2) is 0 Å². The Morgan fingerprint density at radius 1 is 1.17 bits per heavy atom. The number of alkyl halides is 3. The molecule has 1 aliphatic carbocycles. The lowest BCUT2D eigenvalue weighted by Gasteiger charge is -2.35. The van der Waals surface area contributed by atoms with Crippen LogP contribution in [0.4, 0.5) is 13.2 Å². The fraction of sp³-hybridized carbons (Fsp3) is 0.550.